The number of hydrogen-bond donors (Lipinski definition) is 2. The van der Waals surface area contributed by atoms with Crippen molar-refractivity contribution in [3.8, 4) is 0 Å². The lowest BCUT2D eigenvalue weighted by atomic mass is 9.79. The molecule has 10 heavy (non-hydrogen) atoms. The molecule has 4 heteroatoms. The van der Waals surface area contributed by atoms with Crippen LogP contribution in [-0.4, -0.2) is 22.2 Å². The Morgan fingerprint density at radius 2 is 2.20 bits per heavy atom. The van der Waals surface area contributed by atoms with Crippen molar-refractivity contribution in [2.75, 3.05) is 0 Å². The third-order valence-electron chi connectivity index (χ3n) is 1.33. The van der Waals surface area contributed by atoms with E-state index in [9.17, 15) is 0 Å². The van der Waals surface area contributed by atoms with Gasteiger partial charge in [-0.1, -0.05) is 6.07 Å². The molecule has 1 aromatic rings. The number of aryl methyl sites for hydroxylation is 1. The monoisotopic (exact) mass is 137 g/mol. The van der Waals surface area contributed by atoms with Crippen molar-refractivity contribution in [1.29, 1.82) is 0 Å². The van der Waals surface area contributed by atoms with Crippen LogP contribution in [0.2, 0.25) is 0 Å². The van der Waals surface area contributed by atoms with Crippen molar-refractivity contribution < 1.29 is 10.0 Å². The van der Waals surface area contributed by atoms with Gasteiger partial charge in [0.15, 0.2) is 0 Å². The van der Waals surface area contributed by atoms with E-state index >= 15 is 0 Å². The minimum absolute atomic E-state index is 0.461. The molecular weight excluding hydrogens is 129 g/mol. The van der Waals surface area contributed by atoms with E-state index in [2.05, 4.69) is 4.98 Å². The second-order valence-electron chi connectivity index (χ2n) is 2.05. The molecule has 0 aromatic carbocycles. The molecule has 0 spiro atoms. The molecule has 0 saturated carbocycles. The first-order valence-electron chi connectivity index (χ1n) is 2.99. The van der Waals surface area contributed by atoms with Crippen LogP contribution >= 0.6 is 0 Å². The molecule has 0 radical (unpaired) electrons. The first-order valence-corrected chi connectivity index (χ1v) is 2.99. The lowest BCUT2D eigenvalue weighted by molar-refractivity contribution is 0.425. The zero-order valence-corrected chi connectivity index (χ0v) is 5.65. The van der Waals surface area contributed by atoms with Crippen molar-refractivity contribution in [1.82, 2.24) is 4.98 Å². The van der Waals surface area contributed by atoms with Gasteiger partial charge in [-0.2, -0.15) is 0 Å². The molecule has 3 nitrogen and oxygen atoms in total. The average molecular weight is 137 g/mol. The van der Waals surface area contributed by atoms with Crippen LogP contribution in [0.1, 0.15) is 5.69 Å². The highest BCUT2D eigenvalue weighted by Gasteiger charge is 2.12. The predicted molar refractivity (Wildman–Crippen MR) is 38.8 cm³/mol. The van der Waals surface area contributed by atoms with E-state index in [0.717, 1.165) is 0 Å². The molecule has 0 aliphatic heterocycles. The molecule has 52 valence electrons. The van der Waals surface area contributed by atoms with E-state index in [4.69, 9.17) is 10.0 Å². The Labute approximate surface area is 59.5 Å². The van der Waals surface area contributed by atoms with Gasteiger partial charge in [0.1, 0.15) is 0 Å². The van der Waals surface area contributed by atoms with Gasteiger partial charge in [-0.3, -0.25) is 4.98 Å². The van der Waals surface area contributed by atoms with Gasteiger partial charge < -0.3 is 10.0 Å². The summed E-state index contributed by atoms with van der Waals surface area (Å²) < 4.78 is 0. The Morgan fingerprint density at radius 1 is 1.50 bits per heavy atom. The lowest BCUT2D eigenvalue weighted by Crippen LogP contribution is -2.32. The predicted octanol–water partition coefficient (Wildman–Crippen LogP) is -0.930. The van der Waals surface area contributed by atoms with E-state index < -0.39 is 7.12 Å². The number of pyridine rings is 1. The van der Waals surface area contributed by atoms with Gasteiger partial charge in [0, 0.05) is 17.4 Å². The molecule has 0 bridgehead atoms. The van der Waals surface area contributed by atoms with E-state index in [1.165, 1.54) is 0 Å². The van der Waals surface area contributed by atoms with Gasteiger partial charge in [0.25, 0.3) is 0 Å². The van der Waals surface area contributed by atoms with E-state index in [0.29, 0.717) is 11.2 Å². The second-order valence-corrected chi connectivity index (χ2v) is 2.05. The summed E-state index contributed by atoms with van der Waals surface area (Å²) in [5, 5.41) is 17.4. The SMILES string of the molecule is Cc1ncccc1B(O)O. The van der Waals surface area contributed by atoms with E-state index in [1.807, 2.05) is 0 Å². The highest BCUT2D eigenvalue weighted by molar-refractivity contribution is 6.59. The second kappa shape index (κ2) is 2.81. The van der Waals surface area contributed by atoms with Crippen LogP contribution in [0.3, 0.4) is 0 Å². The highest BCUT2D eigenvalue weighted by Crippen LogP contribution is 1.87. The maximum absolute atomic E-state index is 8.72. The van der Waals surface area contributed by atoms with Crippen LogP contribution in [0.4, 0.5) is 0 Å². The fourth-order valence-electron chi connectivity index (χ4n) is 0.770. The van der Waals surface area contributed by atoms with E-state index in [-0.39, 0.29) is 0 Å². The fraction of sp³-hybridized carbons (Fsp3) is 0.167. The van der Waals surface area contributed by atoms with Crippen molar-refractivity contribution >= 4 is 12.6 Å². The average Bonchev–Trinajstić information content (AvgIpc) is 1.88. The molecule has 1 aromatic heterocycles. The normalized spacial score (nSPS) is 9.50. The van der Waals surface area contributed by atoms with Crippen LogP contribution in [0.15, 0.2) is 18.3 Å². The van der Waals surface area contributed by atoms with Gasteiger partial charge in [-0.05, 0) is 13.0 Å². The smallest absolute Gasteiger partial charge is 0.423 e. The Hall–Kier alpha value is -0.865. The summed E-state index contributed by atoms with van der Waals surface area (Å²) in [7, 11) is -1.41. The van der Waals surface area contributed by atoms with Crippen molar-refractivity contribution in [3.05, 3.63) is 24.0 Å². The van der Waals surface area contributed by atoms with Crippen molar-refractivity contribution in [3.63, 3.8) is 0 Å². The number of hydrogen-bond acceptors (Lipinski definition) is 3. The summed E-state index contributed by atoms with van der Waals surface area (Å²) in [4.78, 5) is 3.88. The number of nitrogens with zero attached hydrogens (tertiary/aromatic N) is 1. The van der Waals surface area contributed by atoms with Gasteiger partial charge in [-0.25, -0.2) is 0 Å². The van der Waals surface area contributed by atoms with Gasteiger partial charge in [0.05, 0.1) is 0 Å². The lowest BCUT2D eigenvalue weighted by Gasteiger charge is -2.00. The van der Waals surface area contributed by atoms with E-state index in [1.54, 1.807) is 25.3 Å². The highest BCUT2D eigenvalue weighted by atomic mass is 16.4. The quantitative estimate of drug-likeness (QED) is 0.491. The number of rotatable bonds is 1. The van der Waals surface area contributed by atoms with Crippen LogP contribution in [0.25, 0.3) is 0 Å². The Kier molecular flexibility index (Phi) is 2.04. The molecule has 0 aliphatic carbocycles. The third-order valence-corrected chi connectivity index (χ3v) is 1.33. The molecule has 0 unspecified atom stereocenters. The summed E-state index contributed by atoms with van der Waals surface area (Å²) in [6, 6.07) is 3.30. The Balaban J connectivity index is 3.03. The van der Waals surface area contributed by atoms with Crippen molar-refractivity contribution in [2.24, 2.45) is 0 Å². The Morgan fingerprint density at radius 3 is 2.60 bits per heavy atom. The topological polar surface area (TPSA) is 53.4 Å². The molecule has 2 N–H and O–H groups in total. The molecule has 0 aliphatic rings. The summed E-state index contributed by atoms with van der Waals surface area (Å²) in [5.41, 5.74) is 1.11. The van der Waals surface area contributed by atoms with Crippen molar-refractivity contribution in [2.45, 2.75) is 6.92 Å². The van der Waals surface area contributed by atoms with Gasteiger partial charge >= 0.3 is 7.12 Å². The minimum Gasteiger partial charge on any atom is -0.423 e. The molecule has 1 heterocycles. The molecule has 0 amide bonds. The summed E-state index contributed by atoms with van der Waals surface area (Å²) in [5.74, 6) is 0. The zero-order valence-electron chi connectivity index (χ0n) is 5.65. The standard InChI is InChI=1S/C6H8BNO2/c1-5-6(7(9)10)3-2-4-8-5/h2-4,9-10H,1H3. The van der Waals surface area contributed by atoms with Crippen LogP contribution in [-0.2, 0) is 0 Å². The summed E-state index contributed by atoms with van der Waals surface area (Å²) in [6.07, 6.45) is 1.61. The van der Waals surface area contributed by atoms with Crippen LogP contribution in [0.5, 0.6) is 0 Å². The first-order chi connectivity index (χ1) is 4.72. The third kappa shape index (κ3) is 1.34. The van der Waals surface area contributed by atoms with Gasteiger partial charge in [-0.15, -0.1) is 0 Å². The number of aromatic nitrogens is 1. The maximum Gasteiger partial charge on any atom is 0.490 e. The zero-order chi connectivity index (χ0) is 7.56. The van der Waals surface area contributed by atoms with Crippen LogP contribution < -0.4 is 5.46 Å². The molecule has 0 fully saturated rings. The molecular formula is C6H8BNO2. The fourth-order valence-corrected chi connectivity index (χ4v) is 0.770. The molecule has 1 rings (SSSR count). The van der Waals surface area contributed by atoms with Crippen LogP contribution in [0, 0.1) is 6.92 Å². The molecule has 0 saturated heterocycles. The largest absolute Gasteiger partial charge is 0.490 e. The van der Waals surface area contributed by atoms with Gasteiger partial charge in [0.2, 0.25) is 0 Å². The summed E-state index contributed by atoms with van der Waals surface area (Å²) in [6.45, 7) is 1.73. The summed E-state index contributed by atoms with van der Waals surface area (Å²) >= 11 is 0. The maximum atomic E-state index is 8.72. The first kappa shape index (κ1) is 7.24. The Bertz CT molecular complexity index is 227. The molecule has 0 atom stereocenters. The minimum atomic E-state index is -1.41.